The lowest BCUT2D eigenvalue weighted by molar-refractivity contribution is 0.0976. The van der Waals surface area contributed by atoms with E-state index < -0.39 is 0 Å². The summed E-state index contributed by atoms with van der Waals surface area (Å²) < 4.78 is 18.5. The molecule has 114 valence electrons. The summed E-state index contributed by atoms with van der Waals surface area (Å²) in [6.07, 6.45) is 0. The Kier molecular flexibility index (Phi) is 5.46. The van der Waals surface area contributed by atoms with Gasteiger partial charge in [-0.2, -0.15) is 0 Å². The van der Waals surface area contributed by atoms with E-state index in [1.807, 2.05) is 0 Å². The first kappa shape index (κ1) is 16.4. The van der Waals surface area contributed by atoms with Crippen LogP contribution in [0.25, 0.3) is 0 Å². The third-order valence-electron chi connectivity index (χ3n) is 2.75. The van der Waals surface area contributed by atoms with Crippen LogP contribution in [-0.2, 0) is 0 Å². The molecule has 1 amide bonds. The number of carbonyl (C=O) groups is 1. The summed E-state index contributed by atoms with van der Waals surface area (Å²) in [6, 6.07) is 10.7. The van der Waals surface area contributed by atoms with Gasteiger partial charge >= 0.3 is 0 Å². The van der Waals surface area contributed by atoms with Crippen LogP contribution in [0.1, 0.15) is 10.4 Å². The smallest absolute Gasteiger partial charge is 0.258 e. The molecule has 0 radical (unpaired) electrons. The quantitative estimate of drug-likeness (QED) is 0.794. The fourth-order valence-electron chi connectivity index (χ4n) is 1.67. The van der Waals surface area contributed by atoms with Crippen LogP contribution in [0, 0.1) is 5.82 Å². The standard InChI is InChI=1S/C15H12BrFN2O2S/c1-21-11-6-7-13(16)12(8-11)14(20)19-15(22)18-10-4-2-9(17)3-5-10/h2-8H,1H3,(H2,18,19,20,22). The largest absolute Gasteiger partial charge is 0.497 e. The number of anilines is 1. The van der Waals surface area contributed by atoms with E-state index in [1.165, 1.54) is 31.4 Å². The van der Waals surface area contributed by atoms with Gasteiger partial charge in [-0.3, -0.25) is 10.1 Å². The summed E-state index contributed by atoms with van der Waals surface area (Å²) in [7, 11) is 1.52. The van der Waals surface area contributed by atoms with Crippen LogP contribution in [0.15, 0.2) is 46.9 Å². The van der Waals surface area contributed by atoms with Gasteiger partial charge in [0.1, 0.15) is 11.6 Å². The third kappa shape index (κ3) is 4.25. The number of halogens is 2. The van der Waals surface area contributed by atoms with Crippen molar-refractivity contribution in [2.75, 3.05) is 12.4 Å². The minimum absolute atomic E-state index is 0.117. The van der Waals surface area contributed by atoms with Gasteiger partial charge in [-0.25, -0.2) is 4.39 Å². The molecule has 4 nitrogen and oxygen atoms in total. The molecule has 2 aromatic rings. The van der Waals surface area contributed by atoms with Crippen molar-refractivity contribution in [2.45, 2.75) is 0 Å². The Hall–Kier alpha value is -1.99. The summed E-state index contributed by atoms with van der Waals surface area (Å²) in [5.41, 5.74) is 0.971. The number of thiocarbonyl (C=S) groups is 1. The molecule has 0 fully saturated rings. The van der Waals surface area contributed by atoms with E-state index in [-0.39, 0.29) is 16.8 Å². The molecule has 0 bridgehead atoms. The van der Waals surface area contributed by atoms with Gasteiger partial charge in [-0.15, -0.1) is 0 Å². The summed E-state index contributed by atoms with van der Waals surface area (Å²) in [5, 5.41) is 5.47. The van der Waals surface area contributed by atoms with Crippen molar-refractivity contribution >= 4 is 44.9 Å². The summed E-state index contributed by atoms with van der Waals surface area (Å²) in [5.74, 6) is -0.169. The fraction of sp³-hybridized carbons (Fsp3) is 0.0667. The minimum atomic E-state index is -0.384. The molecule has 0 aromatic heterocycles. The van der Waals surface area contributed by atoms with Crippen LogP contribution in [0.2, 0.25) is 0 Å². The maximum absolute atomic E-state index is 12.8. The lowest BCUT2D eigenvalue weighted by Gasteiger charge is -2.11. The predicted octanol–water partition coefficient (Wildman–Crippen LogP) is 3.72. The summed E-state index contributed by atoms with van der Waals surface area (Å²) in [6.45, 7) is 0. The highest BCUT2D eigenvalue weighted by atomic mass is 79.9. The molecule has 2 rings (SSSR count). The van der Waals surface area contributed by atoms with E-state index in [4.69, 9.17) is 17.0 Å². The molecule has 0 atom stereocenters. The Morgan fingerprint density at radius 3 is 2.55 bits per heavy atom. The second-order valence-electron chi connectivity index (χ2n) is 4.26. The van der Waals surface area contributed by atoms with Crippen molar-refractivity contribution in [3.8, 4) is 5.75 Å². The van der Waals surface area contributed by atoms with E-state index in [1.54, 1.807) is 18.2 Å². The number of hydrogen-bond donors (Lipinski definition) is 2. The molecule has 7 heteroatoms. The van der Waals surface area contributed by atoms with E-state index in [2.05, 4.69) is 26.6 Å². The Labute approximate surface area is 140 Å². The first-order valence-corrected chi connectivity index (χ1v) is 7.41. The predicted molar refractivity (Wildman–Crippen MR) is 90.8 cm³/mol. The van der Waals surface area contributed by atoms with Gasteiger partial charge in [-0.05, 0) is 70.6 Å². The second kappa shape index (κ2) is 7.33. The lowest BCUT2D eigenvalue weighted by atomic mass is 10.2. The number of nitrogens with one attached hydrogen (secondary N) is 2. The van der Waals surface area contributed by atoms with E-state index in [0.29, 0.717) is 21.5 Å². The fourth-order valence-corrected chi connectivity index (χ4v) is 2.31. The van der Waals surface area contributed by atoms with Crippen molar-refractivity contribution < 1.29 is 13.9 Å². The average molecular weight is 383 g/mol. The van der Waals surface area contributed by atoms with Crippen LogP contribution in [0.5, 0.6) is 5.75 Å². The van der Waals surface area contributed by atoms with E-state index >= 15 is 0 Å². The van der Waals surface area contributed by atoms with Crippen LogP contribution < -0.4 is 15.4 Å². The zero-order chi connectivity index (χ0) is 16.1. The van der Waals surface area contributed by atoms with Crippen molar-refractivity contribution in [3.63, 3.8) is 0 Å². The van der Waals surface area contributed by atoms with E-state index in [0.717, 1.165) is 0 Å². The molecule has 0 aliphatic rings. The zero-order valence-corrected chi connectivity index (χ0v) is 13.9. The van der Waals surface area contributed by atoms with Gasteiger partial charge in [0.25, 0.3) is 5.91 Å². The van der Waals surface area contributed by atoms with Crippen molar-refractivity contribution in [1.29, 1.82) is 0 Å². The highest BCUT2D eigenvalue weighted by Crippen LogP contribution is 2.22. The molecule has 0 heterocycles. The van der Waals surface area contributed by atoms with Crippen LogP contribution in [0.4, 0.5) is 10.1 Å². The van der Waals surface area contributed by atoms with Crippen LogP contribution >= 0.6 is 28.1 Å². The molecule has 2 N–H and O–H groups in total. The summed E-state index contributed by atoms with van der Waals surface area (Å²) in [4.78, 5) is 12.2. The van der Waals surface area contributed by atoms with Crippen LogP contribution in [-0.4, -0.2) is 18.1 Å². The van der Waals surface area contributed by atoms with Crippen molar-refractivity contribution in [2.24, 2.45) is 0 Å². The lowest BCUT2D eigenvalue weighted by Crippen LogP contribution is -2.34. The average Bonchev–Trinajstić information content (AvgIpc) is 2.50. The van der Waals surface area contributed by atoms with Gasteiger partial charge in [0.05, 0.1) is 12.7 Å². The highest BCUT2D eigenvalue weighted by molar-refractivity contribution is 9.10. The zero-order valence-electron chi connectivity index (χ0n) is 11.5. The minimum Gasteiger partial charge on any atom is -0.497 e. The molecule has 0 aliphatic heterocycles. The van der Waals surface area contributed by atoms with E-state index in [9.17, 15) is 9.18 Å². The molecule has 0 saturated heterocycles. The normalized spacial score (nSPS) is 9.95. The van der Waals surface area contributed by atoms with Gasteiger partial charge in [0.15, 0.2) is 5.11 Å². The molecular formula is C15H12BrFN2O2S. The van der Waals surface area contributed by atoms with Crippen molar-refractivity contribution in [3.05, 3.63) is 58.3 Å². The molecule has 0 saturated carbocycles. The number of hydrogen-bond acceptors (Lipinski definition) is 3. The van der Waals surface area contributed by atoms with Crippen molar-refractivity contribution in [1.82, 2.24) is 5.32 Å². The third-order valence-corrected chi connectivity index (χ3v) is 3.64. The maximum atomic E-state index is 12.8. The number of rotatable bonds is 3. The number of carbonyl (C=O) groups excluding carboxylic acids is 1. The molecule has 2 aromatic carbocycles. The SMILES string of the molecule is COc1ccc(Br)c(C(=O)NC(=S)Nc2ccc(F)cc2)c1. The number of amides is 1. The Balaban J connectivity index is 2.05. The monoisotopic (exact) mass is 382 g/mol. The first-order valence-electron chi connectivity index (χ1n) is 6.21. The molecular weight excluding hydrogens is 371 g/mol. The Morgan fingerprint density at radius 1 is 1.23 bits per heavy atom. The highest BCUT2D eigenvalue weighted by Gasteiger charge is 2.13. The number of methoxy groups -OCH3 is 1. The van der Waals surface area contributed by atoms with Gasteiger partial charge in [0, 0.05) is 10.2 Å². The number of benzene rings is 2. The van der Waals surface area contributed by atoms with Crippen LogP contribution in [0.3, 0.4) is 0 Å². The molecule has 22 heavy (non-hydrogen) atoms. The molecule has 0 aliphatic carbocycles. The molecule has 0 unspecified atom stereocenters. The Morgan fingerprint density at radius 2 is 1.91 bits per heavy atom. The summed E-state index contributed by atoms with van der Waals surface area (Å²) >= 11 is 8.37. The Bertz CT molecular complexity index is 707. The van der Waals surface area contributed by atoms with Gasteiger partial charge in [0.2, 0.25) is 0 Å². The molecule has 0 spiro atoms. The maximum Gasteiger partial charge on any atom is 0.258 e. The number of ether oxygens (including phenoxy) is 1. The van der Waals surface area contributed by atoms with Gasteiger partial charge < -0.3 is 10.1 Å². The first-order chi connectivity index (χ1) is 10.5. The van der Waals surface area contributed by atoms with Gasteiger partial charge in [-0.1, -0.05) is 0 Å². The topological polar surface area (TPSA) is 50.4 Å². The second-order valence-corrected chi connectivity index (χ2v) is 5.52.